The second-order valence-electron chi connectivity index (χ2n) is 10.0. The maximum absolute atomic E-state index is 9.93. The number of hydrogen-bond donors (Lipinski definition) is 1. The van der Waals surface area contributed by atoms with Gasteiger partial charge >= 0.3 is 0 Å². The highest BCUT2D eigenvalue weighted by Gasteiger charge is 2.03. The first kappa shape index (κ1) is 30.0. The average Bonchev–Trinajstić information content (AvgIpc) is 2.75. The first-order valence-electron chi connectivity index (χ1n) is 14.5. The molecule has 0 aliphatic heterocycles. The number of rotatable bonds is 26. The molecule has 182 valence electrons. The van der Waals surface area contributed by atoms with E-state index in [4.69, 9.17) is 0 Å². The van der Waals surface area contributed by atoms with Crippen molar-refractivity contribution in [1.29, 1.82) is 0 Å². The minimum absolute atomic E-state index is 0.0307. The molecular weight excluding hydrogens is 364 g/mol. The van der Waals surface area contributed by atoms with Crippen molar-refractivity contribution in [2.75, 3.05) is 0 Å². The molecule has 0 aliphatic rings. The maximum atomic E-state index is 9.93. The molecule has 0 spiro atoms. The van der Waals surface area contributed by atoms with Crippen molar-refractivity contribution in [3.63, 3.8) is 0 Å². The summed E-state index contributed by atoms with van der Waals surface area (Å²) in [4.78, 5) is 0. The molecule has 0 aliphatic carbocycles. The lowest BCUT2D eigenvalue weighted by molar-refractivity contribution is 0.147. The second-order valence-corrected chi connectivity index (χ2v) is 10.0. The van der Waals surface area contributed by atoms with Gasteiger partial charge in [0.1, 0.15) is 0 Å². The van der Waals surface area contributed by atoms with Gasteiger partial charge in [-0.25, -0.2) is 0 Å². The molecule has 0 saturated carbocycles. The highest BCUT2D eigenvalue weighted by Crippen LogP contribution is 2.16. The summed E-state index contributed by atoms with van der Waals surface area (Å²) in [5.74, 6) is 0. The van der Waals surface area contributed by atoms with Gasteiger partial charge in [-0.15, -0.1) is 0 Å². The van der Waals surface area contributed by atoms with Crippen molar-refractivity contribution in [1.82, 2.24) is 0 Å². The van der Waals surface area contributed by atoms with Gasteiger partial charge in [0.25, 0.3) is 0 Å². The van der Waals surface area contributed by atoms with Crippen molar-refractivity contribution in [3.8, 4) is 0 Å². The summed E-state index contributed by atoms with van der Waals surface area (Å²) < 4.78 is 0. The smallest absolute Gasteiger partial charge is 0.0540 e. The van der Waals surface area contributed by atoms with E-state index in [0.717, 1.165) is 12.8 Å². The standard InChI is InChI=1S/C29H60O/c1-3-5-7-8-9-10-11-12-13-14-15-16-17-18-19-20-21-22-23-24-26-28-29(30)27-25-6-4-2/h29-30H,3-28H2,1-2H3. The second kappa shape index (κ2) is 27.0. The summed E-state index contributed by atoms with van der Waals surface area (Å²) in [5, 5.41) is 9.93. The number of aliphatic hydroxyl groups excluding tert-OH is 1. The van der Waals surface area contributed by atoms with Gasteiger partial charge < -0.3 is 5.11 Å². The number of hydrogen-bond acceptors (Lipinski definition) is 1. The van der Waals surface area contributed by atoms with E-state index in [1.165, 1.54) is 154 Å². The third-order valence-electron chi connectivity index (χ3n) is 6.78. The lowest BCUT2D eigenvalue weighted by Gasteiger charge is -2.09. The van der Waals surface area contributed by atoms with E-state index in [1.807, 2.05) is 0 Å². The van der Waals surface area contributed by atoms with E-state index in [-0.39, 0.29) is 6.10 Å². The van der Waals surface area contributed by atoms with Gasteiger partial charge in [-0.1, -0.05) is 168 Å². The molecule has 1 heteroatoms. The fourth-order valence-electron chi connectivity index (χ4n) is 4.59. The Kier molecular flexibility index (Phi) is 27.0. The van der Waals surface area contributed by atoms with Crippen LogP contribution in [-0.2, 0) is 0 Å². The van der Waals surface area contributed by atoms with Gasteiger partial charge in [-0.3, -0.25) is 0 Å². The van der Waals surface area contributed by atoms with Gasteiger partial charge in [-0.2, -0.15) is 0 Å². The Hall–Kier alpha value is -0.0400. The molecule has 0 aromatic carbocycles. The molecule has 0 aromatic rings. The molecule has 1 atom stereocenters. The third-order valence-corrected chi connectivity index (χ3v) is 6.78. The Bertz CT molecular complexity index is 288. The zero-order valence-electron chi connectivity index (χ0n) is 21.4. The van der Waals surface area contributed by atoms with Crippen molar-refractivity contribution in [2.45, 2.75) is 187 Å². The summed E-state index contributed by atoms with van der Waals surface area (Å²) >= 11 is 0. The van der Waals surface area contributed by atoms with Crippen LogP contribution in [0.2, 0.25) is 0 Å². The first-order valence-corrected chi connectivity index (χ1v) is 14.5. The van der Waals surface area contributed by atoms with Crippen molar-refractivity contribution in [2.24, 2.45) is 0 Å². The average molecular weight is 425 g/mol. The van der Waals surface area contributed by atoms with Crippen molar-refractivity contribution >= 4 is 0 Å². The molecule has 1 unspecified atom stereocenters. The lowest BCUT2D eigenvalue weighted by atomic mass is 10.0. The van der Waals surface area contributed by atoms with Crippen LogP contribution in [0.5, 0.6) is 0 Å². The molecule has 0 radical (unpaired) electrons. The third kappa shape index (κ3) is 26.0. The van der Waals surface area contributed by atoms with Crippen LogP contribution in [0, 0.1) is 0 Å². The fraction of sp³-hybridized carbons (Fsp3) is 1.00. The van der Waals surface area contributed by atoms with Crippen LogP contribution < -0.4 is 0 Å². The Labute approximate surface area is 192 Å². The maximum Gasteiger partial charge on any atom is 0.0540 e. The van der Waals surface area contributed by atoms with Gasteiger partial charge in [0.05, 0.1) is 6.10 Å². The predicted octanol–water partition coefficient (Wildman–Crippen LogP) is 10.5. The van der Waals surface area contributed by atoms with Crippen LogP contribution >= 0.6 is 0 Å². The van der Waals surface area contributed by atoms with Crippen LogP contribution in [0.3, 0.4) is 0 Å². The quantitative estimate of drug-likeness (QED) is 0.137. The van der Waals surface area contributed by atoms with Crippen LogP contribution in [0.25, 0.3) is 0 Å². The SMILES string of the molecule is CCCCCCCCCCCCCCCCCCCCCCCC(O)CCCCC. The van der Waals surface area contributed by atoms with Crippen LogP contribution in [0.4, 0.5) is 0 Å². The van der Waals surface area contributed by atoms with Crippen LogP contribution in [0.15, 0.2) is 0 Å². The summed E-state index contributed by atoms with van der Waals surface area (Å²) in [6.45, 7) is 4.53. The highest BCUT2D eigenvalue weighted by atomic mass is 16.3. The van der Waals surface area contributed by atoms with E-state index < -0.39 is 0 Å². The summed E-state index contributed by atoms with van der Waals surface area (Å²) in [7, 11) is 0. The largest absolute Gasteiger partial charge is 0.393 e. The zero-order valence-corrected chi connectivity index (χ0v) is 21.4. The van der Waals surface area contributed by atoms with E-state index in [0.29, 0.717) is 0 Å². The molecule has 0 rings (SSSR count). The molecule has 0 bridgehead atoms. The first-order chi connectivity index (χ1) is 14.8. The molecule has 1 N–H and O–H groups in total. The monoisotopic (exact) mass is 424 g/mol. The van der Waals surface area contributed by atoms with Crippen LogP contribution in [0.1, 0.15) is 181 Å². The molecule has 0 heterocycles. The topological polar surface area (TPSA) is 20.2 Å². The van der Waals surface area contributed by atoms with E-state index in [9.17, 15) is 5.11 Å². The number of unbranched alkanes of at least 4 members (excludes halogenated alkanes) is 22. The van der Waals surface area contributed by atoms with Crippen molar-refractivity contribution < 1.29 is 5.11 Å². The summed E-state index contributed by atoms with van der Waals surface area (Å²) in [5.41, 5.74) is 0. The normalized spacial score (nSPS) is 12.5. The minimum atomic E-state index is -0.0307. The molecule has 0 saturated heterocycles. The summed E-state index contributed by atoms with van der Waals surface area (Å²) in [6.07, 6.45) is 35.9. The van der Waals surface area contributed by atoms with Gasteiger partial charge in [0, 0.05) is 0 Å². The molecular formula is C29H60O. The minimum Gasteiger partial charge on any atom is -0.393 e. The predicted molar refractivity (Wildman–Crippen MR) is 137 cm³/mol. The molecule has 0 amide bonds. The van der Waals surface area contributed by atoms with E-state index in [1.54, 1.807) is 0 Å². The Morgan fingerprint density at radius 3 is 0.833 bits per heavy atom. The number of aliphatic hydroxyl groups is 1. The van der Waals surface area contributed by atoms with Gasteiger partial charge in [0.15, 0.2) is 0 Å². The Morgan fingerprint density at radius 2 is 0.533 bits per heavy atom. The molecule has 30 heavy (non-hydrogen) atoms. The summed E-state index contributed by atoms with van der Waals surface area (Å²) in [6, 6.07) is 0. The van der Waals surface area contributed by atoms with Crippen molar-refractivity contribution in [3.05, 3.63) is 0 Å². The van der Waals surface area contributed by atoms with E-state index in [2.05, 4.69) is 13.8 Å². The van der Waals surface area contributed by atoms with Gasteiger partial charge in [0.2, 0.25) is 0 Å². The highest BCUT2D eigenvalue weighted by molar-refractivity contribution is 4.57. The Balaban J connectivity index is 3.05. The Morgan fingerprint density at radius 1 is 0.333 bits per heavy atom. The van der Waals surface area contributed by atoms with Gasteiger partial charge in [-0.05, 0) is 12.8 Å². The van der Waals surface area contributed by atoms with E-state index >= 15 is 0 Å². The van der Waals surface area contributed by atoms with Crippen LogP contribution in [-0.4, -0.2) is 11.2 Å². The molecule has 0 aromatic heterocycles. The molecule has 1 nitrogen and oxygen atoms in total. The lowest BCUT2D eigenvalue weighted by Crippen LogP contribution is -2.05. The zero-order chi connectivity index (χ0) is 22.0. The fourth-order valence-corrected chi connectivity index (χ4v) is 4.59. The molecule has 0 fully saturated rings.